The lowest BCUT2D eigenvalue weighted by Gasteiger charge is -2.25. The minimum absolute atomic E-state index is 0.0440. The van der Waals surface area contributed by atoms with Crippen molar-refractivity contribution in [1.82, 2.24) is 14.9 Å². The second-order valence-electron chi connectivity index (χ2n) is 8.43. The van der Waals surface area contributed by atoms with Gasteiger partial charge in [0.05, 0.1) is 17.1 Å². The van der Waals surface area contributed by atoms with Crippen molar-refractivity contribution in [3.63, 3.8) is 0 Å². The van der Waals surface area contributed by atoms with E-state index in [0.717, 1.165) is 42.7 Å². The highest BCUT2D eigenvalue weighted by molar-refractivity contribution is 5.82. The molecule has 0 saturated heterocycles. The SMILES string of the molecule is CCCCn1c([C@@H](Cc2ccccc2)NC(=O)C(C)(C)C)nc2ccccc21. The van der Waals surface area contributed by atoms with E-state index in [1.807, 2.05) is 51.1 Å². The van der Waals surface area contributed by atoms with E-state index >= 15 is 0 Å². The van der Waals surface area contributed by atoms with Crippen molar-refractivity contribution in [3.05, 3.63) is 66.0 Å². The highest BCUT2D eigenvalue weighted by Crippen LogP contribution is 2.26. The maximum absolute atomic E-state index is 12.8. The lowest BCUT2D eigenvalue weighted by molar-refractivity contribution is -0.129. The molecular weight excluding hydrogens is 346 g/mol. The van der Waals surface area contributed by atoms with E-state index in [9.17, 15) is 4.79 Å². The fourth-order valence-corrected chi connectivity index (χ4v) is 3.34. The Hall–Kier alpha value is -2.62. The summed E-state index contributed by atoms with van der Waals surface area (Å²) in [5.74, 6) is 0.985. The molecule has 2 aromatic carbocycles. The lowest BCUT2D eigenvalue weighted by Crippen LogP contribution is -2.39. The predicted octanol–water partition coefficient (Wildman–Crippen LogP) is 5.28. The van der Waals surface area contributed by atoms with Gasteiger partial charge in [0.2, 0.25) is 5.91 Å². The van der Waals surface area contributed by atoms with E-state index in [4.69, 9.17) is 4.98 Å². The number of imidazole rings is 1. The smallest absolute Gasteiger partial charge is 0.225 e. The molecule has 1 aromatic heterocycles. The van der Waals surface area contributed by atoms with Gasteiger partial charge in [0.1, 0.15) is 5.82 Å². The Morgan fingerprint density at radius 1 is 1.07 bits per heavy atom. The third-order valence-electron chi connectivity index (χ3n) is 5.00. The minimum atomic E-state index is -0.449. The van der Waals surface area contributed by atoms with E-state index in [1.165, 1.54) is 5.56 Å². The number of hydrogen-bond acceptors (Lipinski definition) is 2. The first-order chi connectivity index (χ1) is 13.4. The van der Waals surface area contributed by atoms with Crippen molar-refractivity contribution in [3.8, 4) is 0 Å². The molecular formula is C24H31N3O. The summed E-state index contributed by atoms with van der Waals surface area (Å²) in [6, 6.07) is 18.4. The van der Waals surface area contributed by atoms with Crippen molar-refractivity contribution in [1.29, 1.82) is 0 Å². The third kappa shape index (κ3) is 4.61. The summed E-state index contributed by atoms with van der Waals surface area (Å²) in [6.07, 6.45) is 2.92. The maximum atomic E-state index is 12.8. The van der Waals surface area contributed by atoms with Gasteiger partial charge in [-0.15, -0.1) is 0 Å². The number of para-hydroxylation sites is 2. The zero-order valence-electron chi connectivity index (χ0n) is 17.4. The number of nitrogens with one attached hydrogen (secondary N) is 1. The van der Waals surface area contributed by atoms with Gasteiger partial charge in [-0.1, -0.05) is 76.6 Å². The Morgan fingerprint density at radius 2 is 1.75 bits per heavy atom. The molecule has 0 unspecified atom stereocenters. The molecule has 0 saturated carbocycles. The number of unbranched alkanes of at least 4 members (excludes halogenated alkanes) is 1. The number of carbonyl (C=O) groups is 1. The lowest BCUT2D eigenvalue weighted by atomic mass is 9.94. The zero-order chi connectivity index (χ0) is 20.1. The monoisotopic (exact) mass is 377 g/mol. The van der Waals surface area contributed by atoms with Gasteiger partial charge < -0.3 is 9.88 Å². The Balaban J connectivity index is 2.04. The summed E-state index contributed by atoms with van der Waals surface area (Å²) in [5.41, 5.74) is 2.86. The quantitative estimate of drug-likeness (QED) is 0.609. The minimum Gasteiger partial charge on any atom is -0.345 e. The second kappa shape index (κ2) is 8.59. The molecule has 0 aliphatic carbocycles. The highest BCUT2D eigenvalue weighted by Gasteiger charge is 2.28. The van der Waals surface area contributed by atoms with E-state index in [-0.39, 0.29) is 11.9 Å². The summed E-state index contributed by atoms with van der Waals surface area (Å²) in [4.78, 5) is 17.8. The van der Waals surface area contributed by atoms with Crippen LogP contribution in [0, 0.1) is 5.41 Å². The van der Waals surface area contributed by atoms with E-state index in [1.54, 1.807) is 0 Å². The van der Waals surface area contributed by atoms with Crippen LogP contribution in [0.15, 0.2) is 54.6 Å². The zero-order valence-corrected chi connectivity index (χ0v) is 17.4. The average Bonchev–Trinajstić information content (AvgIpc) is 3.04. The summed E-state index contributed by atoms with van der Waals surface area (Å²) in [6.45, 7) is 8.94. The molecule has 3 aromatic rings. The molecule has 28 heavy (non-hydrogen) atoms. The first-order valence-corrected chi connectivity index (χ1v) is 10.2. The first kappa shape index (κ1) is 20.1. The summed E-state index contributed by atoms with van der Waals surface area (Å²) in [5, 5.41) is 3.28. The van der Waals surface area contributed by atoms with Gasteiger partial charge in [0.25, 0.3) is 0 Å². The Labute approximate surface area is 168 Å². The van der Waals surface area contributed by atoms with Crippen molar-refractivity contribution in [2.24, 2.45) is 5.41 Å². The van der Waals surface area contributed by atoms with Gasteiger partial charge >= 0.3 is 0 Å². The van der Waals surface area contributed by atoms with Crippen LogP contribution in [0.5, 0.6) is 0 Å². The van der Waals surface area contributed by atoms with Gasteiger partial charge in [-0.2, -0.15) is 0 Å². The number of amides is 1. The molecule has 0 bridgehead atoms. The number of carbonyl (C=O) groups excluding carboxylic acids is 1. The number of hydrogen-bond donors (Lipinski definition) is 1. The molecule has 1 amide bonds. The third-order valence-corrected chi connectivity index (χ3v) is 5.00. The van der Waals surface area contributed by atoms with Gasteiger partial charge in [-0.25, -0.2) is 4.98 Å². The average molecular weight is 378 g/mol. The summed E-state index contributed by atoms with van der Waals surface area (Å²) in [7, 11) is 0. The molecule has 148 valence electrons. The number of benzene rings is 2. The maximum Gasteiger partial charge on any atom is 0.225 e. The van der Waals surface area contributed by atoms with Gasteiger partial charge in [-0.3, -0.25) is 4.79 Å². The van der Waals surface area contributed by atoms with Crippen LogP contribution in [0.1, 0.15) is 58.0 Å². The largest absolute Gasteiger partial charge is 0.345 e. The number of nitrogens with zero attached hydrogens (tertiary/aromatic N) is 2. The van der Waals surface area contributed by atoms with Crippen LogP contribution < -0.4 is 5.32 Å². The van der Waals surface area contributed by atoms with Crippen molar-refractivity contribution in [2.75, 3.05) is 0 Å². The van der Waals surface area contributed by atoms with Crippen LogP contribution in [0.4, 0.5) is 0 Å². The van der Waals surface area contributed by atoms with Gasteiger partial charge in [0, 0.05) is 12.0 Å². The second-order valence-corrected chi connectivity index (χ2v) is 8.43. The standard InChI is InChI=1S/C24H31N3O/c1-5-6-16-27-21-15-11-10-14-19(21)25-22(27)20(26-23(28)24(2,3)4)17-18-12-8-7-9-13-18/h7-15,20H,5-6,16-17H2,1-4H3,(H,26,28)/t20-/m1/s1. The number of aromatic nitrogens is 2. The molecule has 0 aliphatic rings. The normalized spacial score (nSPS) is 12.9. The molecule has 0 fully saturated rings. The van der Waals surface area contributed by atoms with Crippen LogP contribution in [0.3, 0.4) is 0 Å². The molecule has 0 radical (unpaired) electrons. The predicted molar refractivity (Wildman–Crippen MR) is 115 cm³/mol. The van der Waals surface area contributed by atoms with Crippen LogP contribution in [-0.2, 0) is 17.8 Å². The van der Waals surface area contributed by atoms with E-state index < -0.39 is 5.41 Å². The molecule has 1 heterocycles. The molecule has 1 atom stereocenters. The number of fused-ring (bicyclic) bond motifs is 1. The fraction of sp³-hybridized carbons (Fsp3) is 0.417. The first-order valence-electron chi connectivity index (χ1n) is 10.2. The van der Waals surface area contributed by atoms with Crippen LogP contribution in [0.25, 0.3) is 11.0 Å². The Bertz CT molecular complexity index is 922. The molecule has 0 spiro atoms. The fourth-order valence-electron chi connectivity index (χ4n) is 3.34. The van der Waals surface area contributed by atoms with Crippen molar-refractivity contribution in [2.45, 2.75) is 59.5 Å². The molecule has 1 N–H and O–H groups in total. The molecule has 4 nitrogen and oxygen atoms in total. The topological polar surface area (TPSA) is 46.9 Å². The van der Waals surface area contributed by atoms with Gasteiger partial charge in [-0.05, 0) is 30.5 Å². The van der Waals surface area contributed by atoms with Crippen molar-refractivity contribution < 1.29 is 4.79 Å². The van der Waals surface area contributed by atoms with E-state index in [2.05, 4.69) is 41.1 Å². The molecule has 3 rings (SSSR count). The van der Waals surface area contributed by atoms with Crippen LogP contribution >= 0.6 is 0 Å². The molecule has 4 heteroatoms. The molecule has 0 aliphatic heterocycles. The van der Waals surface area contributed by atoms with Gasteiger partial charge in [0.15, 0.2) is 0 Å². The Kier molecular flexibility index (Phi) is 6.18. The van der Waals surface area contributed by atoms with Crippen molar-refractivity contribution >= 4 is 16.9 Å². The number of aryl methyl sites for hydroxylation is 1. The van der Waals surface area contributed by atoms with Crippen LogP contribution in [-0.4, -0.2) is 15.5 Å². The highest BCUT2D eigenvalue weighted by atomic mass is 16.2. The summed E-state index contributed by atoms with van der Waals surface area (Å²) >= 11 is 0. The van der Waals surface area contributed by atoms with E-state index in [0.29, 0.717) is 0 Å². The van der Waals surface area contributed by atoms with Crippen LogP contribution in [0.2, 0.25) is 0 Å². The summed E-state index contributed by atoms with van der Waals surface area (Å²) < 4.78 is 2.29. The Morgan fingerprint density at radius 3 is 2.43 bits per heavy atom. The number of rotatable bonds is 7.